The largest absolute Gasteiger partial charge is 0.469 e. The van der Waals surface area contributed by atoms with Crippen molar-refractivity contribution in [3.63, 3.8) is 0 Å². The summed E-state index contributed by atoms with van der Waals surface area (Å²) in [7, 11) is -2.29. The van der Waals surface area contributed by atoms with Crippen LogP contribution in [-0.4, -0.2) is 44.8 Å². The average Bonchev–Trinajstić information content (AvgIpc) is 3.39. The number of nitrogens with one attached hydrogen (secondary N) is 1. The van der Waals surface area contributed by atoms with E-state index in [1.807, 2.05) is 24.4 Å². The molecule has 1 fully saturated rings. The van der Waals surface area contributed by atoms with E-state index < -0.39 is 28.0 Å². The number of amides is 1. The van der Waals surface area contributed by atoms with E-state index in [2.05, 4.69) is 5.32 Å². The molecule has 1 N–H and O–H groups in total. The van der Waals surface area contributed by atoms with Crippen molar-refractivity contribution in [2.24, 2.45) is 5.92 Å². The highest BCUT2D eigenvalue weighted by molar-refractivity contribution is 7.91. The van der Waals surface area contributed by atoms with Crippen LogP contribution in [0.15, 0.2) is 33.9 Å². The van der Waals surface area contributed by atoms with Gasteiger partial charge in [-0.15, -0.1) is 22.7 Å². The van der Waals surface area contributed by atoms with Gasteiger partial charge in [-0.3, -0.25) is 9.59 Å². The summed E-state index contributed by atoms with van der Waals surface area (Å²) >= 11 is 2.69. The molecule has 0 radical (unpaired) electrons. The van der Waals surface area contributed by atoms with Crippen LogP contribution in [0.1, 0.15) is 35.1 Å². The third-order valence-corrected chi connectivity index (χ3v) is 9.19. The van der Waals surface area contributed by atoms with E-state index >= 15 is 0 Å². The van der Waals surface area contributed by atoms with Gasteiger partial charge in [0.1, 0.15) is 4.21 Å². The molecule has 2 unspecified atom stereocenters. The second-order valence-corrected chi connectivity index (χ2v) is 11.4. The fourth-order valence-electron chi connectivity index (χ4n) is 3.30. The Morgan fingerprint density at radius 2 is 2.14 bits per heavy atom. The molecular weight excluding hydrogens is 432 g/mol. The van der Waals surface area contributed by atoms with Gasteiger partial charge in [0.2, 0.25) is 5.91 Å². The third kappa shape index (κ3) is 5.25. The summed E-state index contributed by atoms with van der Waals surface area (Å²) < 4.78 is 32.3. The van der Waals surface area contributed by atoms with E-state index in [-0.39, 0.29) is 18.9 Å². The van der Waals surface area contributed by atoms with Crippen LogP contribution in [-0.2, 0) is 24.3 Å². The first-order valence-corrected chi connectivity index (χ1v) is 12.4. The van der Waals surface area contributed by atoms with Gasteiger partial charge in [0, 0.05) is 22.8 Å². The fraction of sp³-hybridized carbons (Fsp3) is 0.474. The zero-order chi connectivity index (χ0) is 21.0. The Morgan fingerprint density at radius 3 is 2.76 bits per heavy atom. The molecule has 1 aliphatic rings. The molecule has 1 amide bonds. The minimum Gasteiger partial charge on any atom is -0.469 e. The summed E-state index contributed by atoms with van der Waals surface area (Å²) in [6.45, 7) is 2.40. The molecule has 2 atom stereocenters. The number of carbonyl (C=O) groups excluding carboxylic acids is 2. The Labute approximate surface area is 178 Å². The van der Waals surface area contributed by atoms with E-state index in [1.165, 1.54) is 34.1 Å². The Kier molecular flexibility index (Phi) is 7.10. The van der Waals surface area contributed by atoms with Gasteiger partial charge >= 0.3 is 5.97 Å². The molecule has 158 valence electrons. The quantitative estimate of drug-likeness (QED) is 0.647. The number of ether oxygens (including phenoxy) is 1. The van der Waals surface area contributed by atoms with Crippen LogP contribution in [0.25, 0.3) is 0 Å². The maximum Gasteiger partial charge on any atom is 0.307 e. The molecule has 2 aromatic heterocycles. The molecule has 7 nitrogen and oxygen atoms in total. The smallest absolute Gasteiger partial charge is 0.307 e. The number of rotatable bonds is 7. The predicted molar refractivity (Wildman–Crippen MR) is 112 cm³/mol. The molecule has 0 saturated carbocycles. The van der Waals surface area contributed by atoms with Crippen molar-refractivity contribution >= 4 is 44.6 Å². The van der Waals surface area contributed by atoms with Crippen LogP contribution in [0.3, 0.4) is 0 Å². The second-order valence-electron chi connectivity index (χ2n) is 6.92. The van der Waals surface area contributed by atoms with Crippen LogP contribution in [0.4, 0.5) is 0 Å². The van der Waals surface area contributed by atoms with Gasteiger partial charge < -0.3 is 10.1 Å². The first-order valence-electron chi connectivity index (χ1n) is 9.28. The maximum absolute atomic E-state index is 12.9. The molecule has 0 aliphatic carbocycles. The lowest BCUT2D eigenvalue weighted by Crippen LogP contribution is -2.46. The molecule has 1 aliphatic heterocycles. The summed E-state index contributed by atoms with van der Waals surface area (Å²) in [5, 5.41) is 4.80. The van der Waals surface area contributed by atoms with Crippen LogP contribution in [0.2, 0.25) is 0 Å². The van der Waals surface area contributed by atoms with E-state index in [9.17, 15) is 18.0 Å². The normalized spacial score (nSPS) is 18.9. The molecule has 0 spiro atoms. The standard InChI is InChI=1S/C19H24N2O5S3/c1-13-7-8-18(28-13)29(24,25)21-9-3-5-14(12-21)19(23)20-15(11-17(22)26-2)16-6-4-10-27-16/h4,6-8,10,14-15H,3,5,9,11-12H2,1-2H3,(H,20,23). The molecule has 0 bridgehead atoms. The number of hydrogen-bond donors (Lipinski definition) is 1. The Balaban J connectivity index is 1.70. The molecule has 10 heteroatoms. The van der Waals surface area contributed by atoms with Crippen molar-refractivity contribution in [2.75, 3.05) is 20.2 Å². The molecule has 3 heterocycles. The number of thiophene rings is 2. The summed E-state index contributed by atoms with van der Waals surface area (Å²) in [5.74, 6) is -1.11. The summed E-state index contributed by atoms with van der Waals surface area (Å²) in [6, 6.07) is 6.62. The fourth-order valence-corrected chi connectivity index (χ4v) is 7.04. The lowest BCUT2D eigenvalue weighted by atomic mass is 9.98. The number of aryl methyl sites for hydroxylation is 1. The second kappa shape index (κ2) is 9.38. The number of piperidine rings is 1. The highest BCUT2D eigenvalue weighted by Gasteiger charge is 2.35. The monoisotopic (exact) mass is 456 g/mol. The van der Waals surface area contributed by atoms with Crippen LogP contribution in [0.5, 0.6) is 0 Å². The number of nitrogens with zero attached hydrogens (tertiary/aromatic N) is 1. The molecule has 0 aromatic carbocycles. The van der Waals surface area contributed by atoms with Crippen molar-refractivity contribution < 1.29 is 22.7 Å². The van der Waals surface area contributed by atoms with Crippen molar-refractivity contribution in [3.05, 3.63) is 39.4 Å². The van der Waals surface area contributed by atoms with Crippen molar-refractivity contribution in [3.8, 4) is 0 Å². The molecule has 29 heavy (non-hydrogen) atoms. The number of sulfonamides is 1. The van der Waals surface area contributed by atoms with Crippen molar-refractivity contribution in [2.45, 2.75) is 36.4 Å². The minimum atomic E-state index is -3.60. The lowest BCUT2D eigenvalue weighted by molar-refractivity contribution is -0.141. The minimum absolute atomic E-state index is 0.0337. The number of carbonyl (C=O) groups is 2. The van der Waals surface area contributed by atoms with E-state index in [4.69, 9.17) is 4.74 Å². The third-order valence-electron chi connectivity index (χ3n) is 4.87. The maximum atomic E-state index is 12.9. The van der Waals surface area contributed by atoms with Gasteiger partial charge in [-0.05, 0) is 43.3 Å². The van der Waals surface area contributed by atoms with E-state index in [0.29, 0.717) is 23.6 Å². The average molecular weight is 457 g/mol. The zero-order valence-corrected chi connectivity index (χ0v) is 18.7. The number of methoxy groups -OCH3 is 1. The van der Waals surface area contributed by atoms with Gasteiger partial charge in [0.15, 0.2) is 0 Å². The Bertz CT molecular complexity index is 952. The van der Waals surface area contributed by atoms with Gasteiger partial charge in [-0.2, -0.15) is 4.31 Å². The van der Waals surface area contributed by atoms with Gasteiger partial charge in [-0.1, -0.05) is 6.07 Å². The van der Waals surface area contributed by atoms with E-state index in [1.54, 1.807) is 12.1 Å². The first kappa shape index (κ1) is 21.9. The lowest BCUT2D eigenvalue weighted by Gasteiger charge is -2.31. The van der Waals surface area contributed by atoms with Gasteiger partial charge in [0.25, 0.3) is 10.0 Å². The summed E-state index contributed by atoms with van der Waals surface area (Å²) in [4.78, 5) is 26.5. The Morgan fingerprint density at radius 1 is 1.34 bits per heavy atom. The number of esters is 1. The molecule has 1 saturated heterocycles. The SMILES string of the molecule is COC(=O)CC(NC(=O)C1CCCN(S(=O)(=O)c2ccc(C)s2)C1)c1cccs1. The topological polar surface area (TPSA) is 92.8 Å². The molecule has 3 rings (SSSR count). The summed E-state index contributed by atoms with van der Waals surface area (Å²) in [5.41, 5.74) is 0. The predicted octanol–water partition coefficient (Wildman–Crippen LogP) is 2.94. The highest BCUT2D eigenvalue weighted by Crippen LogP contribution is 2.29. The van der Waals surface area contributed by atoms with Crippen LogP contribution < -0.4 is 5.32 Å². The van der Waals surface area contributed by atoms with Crippen LogP contribution >= 0.6 is 22.7 Å². The molecule has 2 aromatic rings. The summed E-state index contributed by atoms with van der Waals surface area (Å²) in [6.07, 6.45) is 1.25. The van der Waals surface area contributed by atoms with Gasteiger partial charge in [-0.25, -0.2) is 8.42 Å². The molecular formula is C19H24N2O5S3. The van der Waals surface area contributed by atoms with Gasteiger partial charge in [0.05, 0.1) is 25.5 Å². The van der Waals surface area contributed by atoms with E-state index in [0.717, 1.165) is 9.75 Å². The first-order chi connectivity index (χ1) is 13.8. The Hall–Kier alpha value is -1.75. The highest BCUT2D eigenvalue weighted by atomic mass is 32.2. The van der Waals surface area contributed by atoms with Crippen LogP contribution in [0, 0.1) is 12.8 Å². The van der Waals surface area contributed by atoms with Crippen molar-refractivity contribution in [1.29, 1.82) is 0 Å². The number of hydrogen-bond acceptors (Lipinski definition) is 7. The zero-order valence-electron chi connectivity index (χ0n) is 16.3. The van der Waals surface area contributed by atoms with Crippen molar-refractivity contribution in [1.82, 2.24) is 9.62 Å².